The first-order valence-electron chi connectivity index (χ1n) is 14.4. The Labute approximate surface area is 257 Å². The van der Waals surface area contributed by atoms with Gasteiger partial charge in [0.25, 0.3) is 0 Å². The van der Waals surface area contributed by atoms with Crippen molar-refractivity contribution in [1.82, 2.24) is 16.0 Å². The zero-order valence-electron chi connectivity index (χ0n) is 24.2. The van der Waals surface area contributed by atoms with Gasteiger partial charge in [0, 0.05) is 42.7 Å². The lowest BCUT2D eigenvalue weighted by Gasteiger charge is -2.27. The zero-order valence-corrected chi connectivity index (χ0v) is 25.0. The number of fused-ring (bicyclic) bond motifs is 1. The summed E-state index contributed by atoms with van der Waals surface area (Å²) < 4.78 is 0. The third kappa shape index (κ3) is 9.39. The summed E-state index contributed by atoms with van der Waals surface area (Å²) in [6, 6.07) is 22.6. The maximum Gasteiger partial charge on any atom is 0.250 e. The van der Waals surface area contributed by atoms with Crippen LogP contribution in [0.25, 0.3) is 0 Å². The van der Waals surface area contributed by atoms with Gasteiger partial charge in [0.05, 0.1) is 0 Å². The molecular weight excluding hydrogens is 566 g/mol. The van der Waals surface area contributed by atoms with Gasteiger partial charge in [-0.15, -0.1) is 0 Å². The van der Waals surface area contributed by atoms with Gasteiger partial charge >= 0.3 is 0 Å². The predicted octanol–water partition coefficient (Wildman–Crippen LogP) is 2.93. The molecule has 3 aromatic carbocycles. The van der Waals surface area contributed by atoms with Crippen molar-refractivity contribution in [2.24, 2.45) is 5.73 Å². The number of benzene rings is 3. The molecule has 1 heterocycles. The fourth-order valence-electron chi connectivity index (χ4n) is 5.32. The summed E-state index contributed by atoms with van der Waals surface area (Å²) in [5.41, 5.74) is 9.72. The Balaban J connectivity index is 1.45. The van der Waals surface area contributed by atoms with E-state index in [4.69, 9.17) is 17.3 Å². The number of nitrogens with two attached hydrogens (primary N) is 1. The van der Waals surface area contributed by atoms with Crippen LogP contribution in [0.1, 0.15) is 36.0 Å². The summed E-state index contributed by atoms with van der Waals surface area (Å²) in [4.78, 5) is 53.8. The Kier molecular flexibility index (Phi) is 11.3. The van der Waals surface area contributed by atoms with Crippen LogP contribution in [0.5, 0.6) is 0 Å². The van der Waals surface area contributed by atoms with Crippen LogP contribution in [0.3, 0.4) is 0 Å². The van der Waals surface area contributed by atoms with Gasteiger partial charge in [0.1, 0.15) is 12.6 Å². The molecule has 0 aromatic heterocycles. The Morgan fingerprint density at radius 1 is 0.884 bits per heavy atom. The van der Waals surface area contributed by atoms with E-state index in [0.717, 1.165) is 16.7 Å². The van der Waals surface area contributed by atoms with Crippen LogP contribution >= 0.6 is 11.6 Å². The van der Waals surface area contributed by atoms with Crippen molar-refractivity contribution in [1.29, 1.82) is 0 Å². The van der Waals surface area contributed by atoms with E-state index in [1.807, 2.05) is 60.7 Å². The molecule has 1 aliphatic heterocycles. The largest absolute Gasteiger partial charge is 0.359 e. The molecule has 226 valence electrons. The standard InChI is InChI=1S/C33H38ClN5O4/c1-36-30(40)20-27(18-23-11-14-25(34)15-12-23)37-32(42)21-39-29-10-6-5-9-24(29)13-16-28(33(39)43)38-31(41)19-26(35)17-22-7-3-2-4-8-22/h2-12,14-15,26-28H,13,16-21,35H2,1H3,(H,36,40)(H,37,42)(H,38,41)/t26-,27+,28-/m0/s1. The van der Waals surface area contributed by atoms with Crippen LogP contribution in [0, 0.1) is 0 Å². The first kappa shape index (κ1) is 31.7. The minimum Gasteiger partial charge on any atom is -0.359 e. The first-order valence-corrected chi connectivity index (χ1v) is 14.8. The van der Waals surface area contributed by atoms with Crippen molar-refractivity contribution in [2.75, 3.05) is 18.5 Å². The van der Waals surface area contributed by atoms with E-state index in [1.54, 1.807) is 25.2 Å². The topological polar surface area (TPSA) is 134 Å². The van der Waals surface area contributed by atoms with Crippen LogP contribution in [0.15, 0.2) is 78.9 Å². The molecule has 0 aliphatic carbocycles. The summed E-state index contributed by atoms with van der Waals surface area (Å²) in [5, 5.41) is 9.00. The SMILES string of the molecule is CNC(=O)C[C@@H](Cc1ccc(Cl)cc1)NC(=O)CN1C(=O)[C@@H](NC(=O)C[C@@H](N)Cc2ccccc2)CCc2ccccc21. The van der Waals surface area contributed by atoms with Crippen molar-refractivity contribution in [2.45, 2.75) is 56.7 Å². The molecule has 3 aromatic rings. The molecule has 0 unspecified atom stereocenters. The molecule has 0 fully saturated rings. The maximum atomic E-state index is 13.8. The molecular formula is C33H38ClN5O4. The number of anilines is 1. The van der Waals surface area contributed by atoms with Crippen LogP contribution in [-0.4, -0.2) is 55.3 Å². The Morgan fingerprint density at radius 2 is 1.56 bits per heavy atom. The lowest BCUT2D eigenvalue weighted by molar-refractivity contribution is -0.128. The smallest absolute Gasteiger partial charge is 0.250 e. The lowest BCUT2D eigenvalue weighted by atomic mass is 10.0. The van der Waals surface area contributed by atoms with Gasteiger partial charge in [-0.1, -0.05) is 72.3 Å². The molecule has 4 amide bonds. The average molecular weight is 604 g/mol. The van der Waals surface area contributed by atoms with Gasteiger partial charge in [-0.25, -0.2) is 0 Å². The van der Waals surface area contributed by atoms with Gasteiger partial charge in [-0.2, -0.15) is 0 Å². The number of amides is 4. The van der Waals surface area contributed by atoms with Crippen molar-refractivity contribution in [3.63, 3.8) is 0 Å². The van der Waals surface area contributed by atoms with E-state index >= 15 is 0 Å². The fraction of sp³-hybridized carbons (Fsp3) is 0.333. The van der Waals surface area contributed by atoms with E-state index < -0.39 is 24.0 Å². The second-order valence-corrected chi connectivity index (χ2v) is 11.3. The van der Waals surface area contributed by atoms with Crippen LogP contribution in [0.2, 0.25) is 5.02 Å². The predicted molar refractivity (Wildman–Crippen MR) is 168 cm³/mol. The van der Waals surface area contributed by atoms with Crippen LogP contribution in [-0.2, 0) is 38.4 Å². The number of para-hydroxylation sites is 1. The first-order chi connectivity index (χ1) is 20.7. The Hall–Kier alpha value is -4.21. The van der Waals surface area contributed by atoms with Gasteiger partial charge in [0.2, 0.25) is 23.6 Å². The minimum atomic E-state index is -0.813. The number of halogens is 1. The highest BCUT2D eigenvalue weighted by atomic mass is 35.5. The number of rotatable bonds is 12. The van der Waals surface area contributed by atoms with E-state index in [9.17, 15) is 19.2 Å². The summed E-state index contributed by atoms with van der Waals surface area (Å²) >= 11 is 6.01. The molecule has 9 nitrogen and oxygen atoms in total. The van der Waals surface area contributed by atoms with E-state index in [-0.39, 0.29) is 37.1 Å². The van der Waals surface area contributed by atoms with Crippen LogP contribution < -0.4 is 26.6 Å². The van der Waals surface area contributed by atoms with Crippen molar-refractivity contribution in [3.05, 3.63) is 101 Å². The quantitative estimate of drug-likeness (QED) is 0.253. The number of nitrogens with zero attached hydrogens (tertiary/aromatic N) is 1. The normalized spacial score (nSPS) is 15.9. The Morgan fingerprint density at radius 3 is 2.28 bits per heavy atom. The molecule has 0 bridgehead atoms. The highest BCUT2D eigenvalue weighted by molar-refractivity contribution is 6.30. The fourth-order valence-corrected chi connectivity index (χ4v) is 5.44. The monoisotopic (exact) mass is 603 g/mol. The zero-order chi connectivity index (χ0) is 30.8. The highest BCUT2D eigenvalue weighted by Crippen LogP contribution is 2.27. The molecule has 3 atom stereocenters. The molecule has 0 saturated carbocycles. The molecule has 0 spiro atoms. The molecule has 43 heavy (non-hydrogen) atoms. The number of carbonyl (C=O) groups excluding carboxylic acids is 4. The van der Waals surface area contributed by atoms with Gasteiger partial charge in [-0.3, -0.25) is 19.2 Å². The molecule has 4 rings (SSSR count). The van der Waals surface area contributed by atoms with Gasteiger partial charge in [0.15, 0.2) is 0 Å². The summed E-state index contributed by atoms with van der Waals surface area (Å²) in [5.74, 6) is -1.32. The summed E-state index contributed by atoms with van der Waals surface area (Å²) in [6.45, 7) is -0.263. The highest BCUT2D eigenvalue weighted by Gasteiger charge is 2.33. The second-order valence-electron chi connectivity index (χ2n) is 10.8. The average Bonchev–Trinajstić information content (AvgIpc) is 3.11. The number of aryl methyl sites for hydroxylation is 1. The van der Waals surface area contributed by atoms with Gasteiger partial charge < -0.3 is 26.6 Å². The van der Waals surface area contributed by atoms with Crippen molar-refractivity contribution in [3.8, 4) is 0 Å². The molecule has 0 radical (unpaired) electrons. The molecule has 1 aliphatic rings. The minimum absolute atomic E-state index is 0.0668. The number of hydrogen-bond donors (Lipinski definition) is 4. The molecule has 5 N–H and O–H groups in total. The third-order valence-corrected chi connectivity index (χ3v) is 7.70. The number of carbonyl (C=O) groups is 4. The number of hydrogen-bond acceptors (Lipinski definition) is 5. The van der Waals surface area contributed by atoms with E-state index in [2.05, 4.69) is 16.0 Å². The number of nitrogens with one attached hydrogen (secondary N) is 3. The lowest BCUT2D eigenvalue weighted by Crippen LogP contribution is -2.52. The summed E-state index contributed by atoms with van der Waals surface area (Å²) in [7, 11) is 1.54. The van der Waals surface area contributed by atoms with Crippen molar-refractivity contribution >= 4 is 40.9 Å². The van der Waals surface area contributed by atoms with Crippen LogP contribution in [0.4, 0.5) is 5.69 Å². The molecule has 0 saturated heterocycles. The maximum absolute atomic E-state index is 13.8. The molecule has 10 heteroatoms. The van der Waals surface area contributed by atoms with Gasteiger partial charge in [-0.05, 0) is 60.6 Å². The van der Waals surface area contributed by atoms with E-state index in [1.165, 1.54) is 4.90 Å². The third-order valence-electron chi connectivity index (χ3n) is 7.45. The van der Waals surface area contributed by atoms with Crippen molar-refractivity contribution < 1.29 is 19.2 Å². The Bertz CT molecular complexity index is 1420. The second kappa shape index (κ2) is 15.3. The van der Waals surface area contributed by atoms with E-state index in [0.29, 0.717) is 36.4 Å². The summed E-state index contributed by atoms with van der Waals surface area (Å²) in [6.07, 6.45) is 2.02.